The van der Waals surface area contributed by atoms with Crippen LogP contribution in [0.15, 0.2) is 52.9 Å². The number of hydrogen-bond acceptors (Lipinski definition) is 6. The molecule has 3 N–H and O–H groups in total. The van der Waals surface area contributed by atoms with Gasteiger partial charge in [0.15, 0.2) is 5.58 Å². The van der Waals surface area contributed by atoms with Crippen LogP contribution in [0.5, 0.6) is 0 Å². The monoisotopic (exact) mass is 517 g/mol. The summed E-state index contributed by atoms with van der Waals surface area (Å²) in [5, 5.41) is 10.0. The van der Waals surface area contributed by atoms with Gasteiger partial charge in [0, 0.05) is 28.1 Å². The molecule has 0 bridgehead atoms. The van der Waals surface area contributed by atoms with E-state index in [-0.39, 0.29) is 22.7 Å². The van der Waals surface area contributed by atoms with E-state index in [4.69, 9.17) is 10.2 Å². The third kappa shape index (κ3) is 4.98. The molecule has 4 aromatic rings. The van der Waals surface area contributed by atoms with Crippen LogP contribution in [-0.4, -0.2) is 28.0 Å². The van der Waals surface area contributed by atoms with Gasteiger partial charge in [-0.1, -0.05) is 19.1 Å². The highest BCUT2D eigenvalue weighted by atomic mass is 32.1. The van der Waals surface area contributed by atoms with Crippen molar-refractivity contribution in [3.8, 4) is 21.9 Å². The van der Waals surface area contributed by atoms with Crippen LogP contribution in [0.3, 0.4) is 0 Å². The molecule has 0 saturated heterocycles. The molecular formula is C29H31N3O4S. The predicted molar refractivity (Wildman–Crippen MR) is 148 cm³/mol. The lowest BCUT2D eigenvalue weighted by Crippen LogP contribution is -2.42. The fraction of sp³-hybridized carbons (Fsp3) is 0.345. The smallest absolute Gasteiger partial charge is 0.348 e. The Morgan fingerprint density at radius 3 is 2.38 bits per heavy atom. The lowest BCUT2D eigenvalue weighted by atomic mass is 9.82. The number of anilines is 2. The Kier molecular flexibility index (Phi) is 6.77. The molecule has 7 nitrogen and oxygen atoms in total. The van der Waals surface area contributed by atoms with Crippen LogP contribution in [0, 0.1) is 11.8 Å². The average Bonchev–Trinajstić information content (AvgIpc) is 3.49. The Morgan fingerprint density at radius 2 is 1.73 bits per heavy atom. The summed E-state index contributed by atoms with van der Waals surface area (Å²) >= 11 is 1.19. The van der Waals surface area contributed by atoms with E-state index in [0.29, 0.717) is 34.3 Å². The number of hydrogen-bond donors (Lipinski definition) is 2. The van der Waals surface area contributed by atoms with Gasteiger partial charge in [0.05, 0.1) is 5.69 Å². The molecule has 192 valence electrons. The molecule has 0 spiro atoms. The summed E-state index contributed by atoms with van der Waals surface area (Å²) in [7, 11) is 0. The fourth-order valence-electron chi connectivity index (χ4n) is 5.06. The molecule has 8 heteroatoms. The molecule has 1 fully saturated rings. The molecule has 5 rings (SSSR count). The maximum Gasteiger partial charge on any atom is 0.348 e. The van der Waals surface area contributed by atoms with Crippen LogP contribution in [0.4, 0.5) is 11.4 Å². The molecule has 2 heterocycles. The Labute approximate surface area is 219 Å². The number of nitrogens with two attached hydrogens (primary N) is 1. The van der Waals surface area contributed by atoms with Gasteiger partial charge in [-0.2, -0.15) is 0 Å². The van der Waals surface area contributed by atoms with Crippen molar-refractivity contribution >= 4 is 45.7 Å². The van der Waals surface area contributed by atoms with Crippen molar-refractivity contribution in [2.24, 2.45) is 11.8 Å². The first-order chi connectivity index (χ1) is 17.7. The third-order valence-electron chi connectivity index (χ3n) is 7.11. The van der Waals surface area contributed by atoms with E-state index < -0.39 is 5.97 Å². The standard InChI is InChI=1S/C29H31N3O4S/c1-16(2)32(28(33)20-6-4-17(3)5-7-20)23-15-25(37-26(23)29(34)35)18-8-10-19(11-9-18)27-31-22-14-21(30)12-13-24(22)36-27/h8-17,20H,4-7,30H2,1-3H3,(H,34,35). The molecule has 0 atom stereocenters. The van der Waals surface area contributed by atoms with Crippen LogP contribution in [0.1, 0.15) is 56.1 Å². The number of nitrogen functional groups attached to an aromatic ring is 1. The number of thiophene rings is 1. The highest BCUT2D eigenvalue weighted by Crippen LogP contribution is 2.40. The van der Waals surface area contributed by atoms with Crippen molar-refractivity contribution in [2.75, 3.05) is 10.6 Å². The second kappa shape index (κ2) is 10.0. The molecule has 1 amide bonds. The fourth-order valence-corrected chi connectivity index (χ4v) is 6.05. The molecule has 37 heavy (non-hydrogen) atoms. The zero-order valence-corrected chi connectivity index (χ0v) is 22.0. The van der Waals surface area contributed by atoms with Gasteiger partial charge in [0.25, 0.3) is 0 Å². The quantitative estimate of drug-likeness (QED) is 0.265. The van der Waals surface area contributed by atoms with Gasteiger partial charge in [-0.15, -0.1) is 11.3 Å². The summed E-state index contributed by atoms with van der Waals surface area (Å²) in [6, 6.07) is 14.7. The van der Waals surface area contributed by atoms with Crippen molar-refractivity contribution in [1.29, 1.82) is 0 Å². The highest BCUT2D eigenvalue weighted by molar-refractivity contribution is 7.18. The van der Waals surface area contributed by atoms with Crippen LogP contribution in [0.2, 0.25) is 0 Å². The van der Waals surface area contributed by atoms with Crippen molar-refractivity contribution in [3.63, 3.8) is 0 Å². The molecule has 0 radical (unpaired) electrons. The van der Waals surface area contributed by atoms with E-state index >= 15 is 0 Å². The normalized spacial score (nSPS) is 17.8. The van der Waals surface area contributed by atoms with E-state index in [2.05, 4.69) is 11.9 Å². The van der Waals surface area contributed by atoms with E-state index in [1.54, 1.807) is 23.1 Å². The van der Waals surface area contributed by atoms with Gasteiger partial charge >= 0.3 is 5.97 Å². The third-order valence-corrected chi connectivity index (χ3v) is 8.27. The van der Waals surface area contributed by atoms with Crippen molar-refractivity contribution in [3.05, 3.63) is 53.4 Å². The van der Waals surface area contributed by atoms with Crippen LogP contribution >= 0.6 is 11.3 Å². The summed E-state index contributed by atoms with van der Waals surface area (Å²) in [5.74, 6) is 0.0675. The predicted octanol–water partition coefficient (Wildman–Crippen LogP) is 7.07. The minimum absolute atomic E-state index is 0.0284. The van der Waals surface area contributed by atoms with Crippen LogP contribution < -0.4 is 10.6 Å². The van der Waals surface area contributed by atoms with E-state index in [0.717, 1.165) is 41.7 Å². The molecule has 0 unspecified atom stereocenters. The van der Waals surface area contributed by atoms with Crippen molar-refractivity contribution in [2.45, 2.75) is 52.5 Å². The number of rotatable bonds is 6. The van der Waals surface area contributed by atoms with E-state index in [1.165, 1.54) is 11.3 Å². The average molecular weight is 518 g/mol. The first-order valence-electron chi connectivity index (χ1n) is 12.7. The van der Waals surface area contributed by atoms with Gasteiger partial charge < -0.3 is 20.2 Å². The number of carbonyl (C=O) groups excluding carboxylic acids is 1. The number of fused-ring (bicyclic) bond motifs is 1. The maximum atomic E-state index is 13.6. The number of amides is 1. The molecule has 1 aliphatic rings. The van der Waals surface area contributed by atoms with Gasteiger partial charge in [0.1, 0.15) is 10.4 Å². The number of carboxylic acids is 1. The minimum Gasteiger partial charge on any atom is -0.477 e. The van der Waals surface area contributed by atoms with E-state index in [1.807, 2.05) is 44.2 Å². The minimum atomic E-state index is -1.02. The maximum absolute atomic E-state index is 13.6. The molecule has 2 aromatic carbocycles. The number of carboxylic acid groups (broad SMARTS) is 1. The van der Waals surface area contributed by atoms with Gasteiger partial charge in [-0.25, -0.2) is 9.78 Å². The Balaban J connectivity index is 1.46. The lowest BCUT2D eigenvalue weighted by molar-refractivity contribution is -0.123. The number of oxazole rings is 1. The first kappa shape index (κ1) is 25.0. The molecular weight excluding hydrogens is 486 g/mol. The first-order valence-corrected chi connectivity index (χ1v) is 13.5. The summed E-state index contributed by atoms with van der Waals surface area (Å²) < 4.78 is 5.87. The number of aromatic carboxylic acids is 1. The van der Waals surface area contributed by atoms with Gasteiger partial charge in [-0.05, 0) is 87.4 Å². The topological polar surface area (TPSA) is 110 Å². The Hall–Kier alpha value is -3.65. The lowest BCUT2D eigenvalue weighted by Gasteiger charge is -2.33. The zero-order chi connectivity index (χ0) is 26.3. The summed E-state index contributed by atoms with van der Waals surface area (Å²) in [5.41, 5.74) is 9.98. The number of aromatic nitrogens is 1. The highest BCUT2D eigenvalue weighted by Gasteiger charge is 2.33. The van der Waals surface area contributed by atoms with Gasteiger partial charge in [-0.3, -0.25) is 4.79 Å². The number of carbonyl (C=O) groups is 2. The van der Waals surface area contributed by atoms with Crippen LogP contribution in [0.25, 0.3) is 33.0 Å². The SMILES string of the molecule is CC1CCC(C(=O)N(c2cc(-c3ccc(-c4nc5cc(N)ccc5o4)cc3)sc2C(=O)O)C(C)C)CC1. The Bertz CT molecular complexity index is 1450. The summed E-state index contributed by atoms with van der Waals surface area (Å²) in [4.78, 5) is 33.0. The molecule has 1 saturated carbocycles. The largest absolute Gasteiger partial charge is 0.477 e. The van der Waals surface area contributed by atoms with Crippen molar-refractivity contribution < 1.29 is 19.1 Å². The number of nitrogens with zero attached hydrogens (tertiary/aromatic N) is 2. The second-order valence-corrected chi connectivity index (χ2v) is 11.3. The second-order valence-electron chi connectivity index (χ2n) is 10.2. The zero-order valence-electron chi connectivity index (χ0n) is 21.2. The van der Waals surface area contributed by atoms with Crippen molar-refractivity contribution in [1.82, 2.24) is 4.98 Å². The molecule has 1 aliphatic carbocycles. The van der Waals surface area contributed by atoms with Gasteiger partial charge in [0.2, 0.25) is 11.8 Å². The molecule has 2 aromatic heterocycles. The van der Waals surface area contributed by atoms with Crippen LogP contribution in [-0.2, 0) is 4.79 Å². The Morgan fingerprint density at radius 1 is 1.05 bits per heavy atom. The number of benzene rings is 2. The summed E-state index contributed by atoms with van der Waals surface area (Å²) in [6.45, 7) is 6.10. The van der Waals surface area contributed by atoms with E-state index in [9.17, 15) is 14.7 Å². The summed E-state index contributed by atoms with van der Waals surface area (Å²) in [6.07, 6.45) is 3.77. The molecule has 0 aliphatic heterocycles.